The van der Waals surface area contributed by atoms with E-state index in [4.69, 9.17) is 0 Å². The number of nitrogens with zero attached hydrogens (tertiary/aromatic N) is 3. The van der Waals surface area contributed by atoms with Crippen molar-refractivity contribution in [3.05, 3.63) is 21.2 Å². The third kappa shape index (κ3) is 2.58. The fourth-order valence-corrected chi connectivity index (χ4v) is 4.22. The highest BCUT2D eigenvalue weighted by Crippen LogP contribution is 2.30. The van der Waals surface area contributed by atoms with E-state index >= 15 is 0 Å². The second-order valence-electron chi connectivity index (χ2n) is 5.09. The molecule has 1 atom stereocenters. The lowest BCUT2D eigenvalue weighted by Crippen LogP contribution is -2.35. The van der Waals surface area contributed by atoms with Gasteiger partial charge in [-0.3, -0.25) is 4.90 Å². The maximum absolute atomic E-state index is 4.53. The van der Waals surface area contributed by atoms with Gasteiger partial charge in [-0.1, -0.05) is 0 Å². The molecule has 0 bridgehead atoms. The maximum Gasteiger partial charge on any atom is 0.142 e. The molecule has 0 saturated carbocycles. The van der Waals surface area contributed by atoms with E-state index < -0.39 is 0 Å². The lowest BCUT2D eigenvalue weighted by Gasteiger charge is -2.24. The first-order valence-electron chi connectivity index (χ1n) is 6.54. The molecule has 5 heteroatoms. The van der Waals surface area contributed by atoms with E-state index in [1.165, 1.54) is 32.4 Å². The fourth-order valence-electron chi connectivity index (χ4n) is 2.98. The molecule has 0 aliphatic carbocycles. The Labute approximate surface area is 125 Å². The molecule has 0 aromatic carbocycles. The summed E-state index contributed by atoms with van der Waals surface area (Å²) in [5.41, 5.74) is 0. The van der Waals surface area contributed by atoms with E-state index in [0.29, 0.717) is 0 Å². The molecule has 98 valence electrons. The molecule has 2 fully saturated rings. The lowest BCUT2D eigenvalue weighted by atomic mass is 10.2. The summed E-state index contributed by atoms with van der Waals surface area (Å²) in [5.74, 6) is 1.08. The Morgan fingerprint density at radius 1 is 1.17 bits per heavy atom. The standard InChI is InChI=1S/C13H17Br2N3/c14-10-7-12(15)13(16-8-10)18-6-3-11(9-18)17-4-1-2-5-17/h7-8,11H,1-6,9H2. The molecule has 2 saturated heterocycles. The van der Waals surface area contributed by atoms with Crippen LogP contribution < -0.4 is 4.90 Å². The van der Waals surface area contributed by atoms with Crippen LogP contribution >= 0.6 is 31.9 Å². The molecular formula is C13H17Br2N3. The van der Waals surface area contributed by atoms with E-state index in [9.17, 15) is 0 Å². The largest absolute Gasteiger partial charge is 0.354 e. The molecule has 0 radical (unpaired) electrons. The Kier molecular flexibility index (Phi) is 3.91. The minimum Gasteiger partial charge on any atom is -0.354 e. The molecule has 1 aromatic heterocycles. The van der Waals surface area contributed by atoms with Crippen molar-refractivity contribution in [1.29, 1.82) is 0 Å². The van der Waals surface area contributed by atoms with E-state index in [2.05, 4.69) is 52.7 Å². The lowest BCUT2D eigenvalue weighted by molar-refractivity contribution is 0.260. The average Bonchev–Trinajstić information content (AvgIpc) is 2.99. The van der Waals surface area contributed by atoms with Crippen molar-refractivity contribution in [2.75, 3.05) is 31.1 Å². The van der Waals surface area contributed by atoms with Gasteiger partial charge in [0.1, 0.15) is 5.82 Å². The Morgan fingerprint density at radius 2 is 1.94 bits per heavy atom. The first-order chi connectivity index (χ1) is 8.74. The topological polar surface area (TPSA) is 19.4 Å². The number of hydrogen-bond acceptors (Lipinski definition) is 3. The zero-order valence-electron chi connectivity index (χ0n) is 10.3. The highest BCUT2D eigenvalue weighted by atomic mass is 79.9. The molecule has 1 unspecified atom stereocenters. The van der Waals surface area contributed by atoms with Crippen LogP contribution in [-0.2, 0) is 0 Å². The molecule has 0 spiro atoms. The van der Waals surface area contributed by atoms with Crippen molar-refractivity contribution < 1.29 is 0 Å². The van der Waals surface area contributed by atoms with Gasteiger partial charge >= 0.3 is 0 Å². The molecule has 3 heterocycles. The Balaban J connectivity index is 1.71. The van der Waals surface area contributed by atoms with Crippen LogP contribution in [-0.4, -0.2) is 42.1 Å². The van der Waals surface area contributed by atoms with Crippen LogP contribution in [0.3, 0.4) is 0 Å². The normalized spacial score (nSPS) is 25.0. The highest BCUT2D eigenvalue weighted by molar-refractivity contribution is 9.11. The molecule has 3 nitrogen and oxygen atoms in total. The van der Waals surface area contributed by atoms with Crippen LogP contribution in [0.25, 0.3) is 0 Å². The summed E-state index contributed by atoms with van der Waals surface area (Å²) in [6.45, 7) is 4.81. The minimum atomic E-state index is 0.727. The zero-order valence-corrected chi connectivity index (χ0v) is 13.5. The van der Waals surface area contributed by atoms with Crippen molar-refractivity contribution >= 4 is 37.7 Å². The minimum absolute atomic E-state index is 0.727. The molecule has 2 aliphatic rings. The van der Waals surface area contributed by atoms with Crippen LogP contribution in [0.1, 0.15) is 19.3 Å². The monoisotopic (exact) mass is 373 g/mol. The predicted octanol–water partition coefficient (Wildman–Crippen LogP) is 3.28. The van der Waals surface area contributed by atoms with Gasteiger partial charge in [-0.2, -0.15) is 0 Å². The van der Waals surface area contributed by atoms with Crippen LogP contribution in [0.15, 0.2) is 21.2 Å². The van der Waals surface area contributed by atoms with Crippen molar-refractivity contribution in [2.24, 2.45) is 0 Å². The molecule has 1 aromatic rings. The first-order valence-corrected chi connectivity index (χ1v) is 8.13. The van der Waals surface area contributed by atoms with Gasteiger partial charge in [-0.05, 0) is 70.3 Å². The summed E-state index contributed by atoms with van der Waals surface area (Å²) in [5, 5.41) is 0. The molecule has 0 amide bonds. The van der Waals surface area contributed by atoms with Gasteiger partial charge in [0.05, 0.1) is 4.47 Å². The average molecular weight is 375 g/mol. The predicted molar refractivity (Wildman–Crippen MR) is 81.1 cm³/mol. The SMILES string of the molecule is Brc1cnc(N2CCC(N3CCCC3)C2)c(Br)c1. The van der Waals surface area contributed by atoms with Crippen LogP contribution in [0.2, 0.25) is 0 Å². The summed E-state index contributed by atoms with van der Waals surface area (Å²) in [4.78, 5) is 9.58. The third-order valence-electron chi connectivity index (χ3n) is 3.91. The zero-order chi connectivity index (χ0) is 12.5. The molecule has 2 aliphatic heterocycles. The number of pyridine rings is 1. The van der Waals surface area contributed by atoms with E-state index in [1.54, 1.807) is 0 Å². The van der Waals surface area contributed by atoms with Crippen LogP contribution in [0.5, 0.6) is 0 Å². The Morgan fingerprint density at radius 3 is 2.67 bits per heavy atom. The highest BCUT2D eigenvalue weighted by Gasteiger charge is 2.30. The van der Waals surface area contributed by atoms with E-state index in [1.807, 2.05) is 6.20 Å². The quantitative estimate of drug-likeness (QED) is 0.791. The van der Waals surface area contributed by atoms with Crippen molar-refractivity contribution in [3.8, 4) is 0 Å². The number of likely N-dealkylation sites (tertiary alicyclic amines) is 1. The van der Waals surface area contributed by atoms with Crippen molar-refractivity contribution in [3.63, 3.8) is 0 Å². The second-order valence-corrected chi connectivity index (χ2v) is 6.86. The number of halogens is 2. The molecular weight excluding hydrogens is 358 g/mol. The summed E-state index contributed by atoms with van der Waals surface area (Å²) >= 11 is 7.06. The summed E-state index contributed by atoms with van der Waals surface area (Å²) in [6, 6.07) is 2.80. The van der Waals surface area contributed by atoms with Gasteiger partial charge in [0.15, 0.2) is 0 Å². The van der Waals surface area contributed by atoms with Gasteiger partial charge in [0, 0.05) is 29.8 Å². The van der Waals surface area contributed by atoms with E-state index in [-0.39, 0.29) is 0 Å². The first kappa shape index (κ1) is 12.9. The van der Waals surface area contributed by atoms with E-state index in [0.717, 1.165) is 33.9 Å². The van der Waals surface area contributed by atoms with Crippen molar-refractivity contribution in [2.45, 2.75) is 25.3 Å². The maximum atomic E-state index is 4.53. The molecule has 0 N–H and O–H groups in total. The number of aromatic nitrogens is 1. The smallest absolute Gasteiger partial charge is 0.142 e. The summed E-state index contributed by atoms with van der Waals surface area (Å²) in [7, 11) is 0. The Bertz CT molecular complexity index is 432. The summed E-state index contributed by atoms with van der Waals surface area (Å²) in [6.07, 6.45) is 5.89. The van der Waals surface area contributed by atoms with Gasteiger partial charge in [0.25, 0.3) is 0 Å². The van der Waals surface area contributed by atoms with Crippen molar-refractivity contribution in [1.82, 2.24) is 9.88 Å². The third-order valence-corrected chi connectivity index (χ3v) is 4.93. The molecule has 3 rings (SSSR count). The molecule has 18 heavy (non-hydrogen) atoms. The number of anilines is 1. The second kappa shape index (κ2) is 5.47. The number of hydrogen-bond donors (Lipinski definition) is 0. The fraction of sp³-hybridized carbons (Fsp3) is 0.615. The van der Waals surface area contributed by atoms with Gasteiger partial charge in [-0.25, -0.2) is 4.98 Å². The van der Waals surface area contributed by atoms with Gasteiger partial charge in [0.2, 0.25) is 0 Å². The van der Waals surface area contributed by atoms with Gasteiger partial charge in [-0.15, -0.1) is 0 Å². The van der Waals surface area contributed by atoms with Crippen LogP contribution in [0.4, 0.5) is 5.82 Å². The Hall–Kier alpha value is -0.130. The summed E-state index contributed by atoms with van der Waals surface area (Å²) < 4.78 is 2.10. The van der Waals surface area contributed by atoms with Crippen LogP contribution in [0, 0.1) is 0 Å². The van der Waals surface area contributed by atoms with Gasteiger partial charge < -0.3 is 4.90 Å². The number of rotatable bonds is 2.